The molecular formula is C22H22FN3O4S2. The van der Waals surface area contributed by atoms with Crippen molar-refractivity contribution in [3.8, 4) is 0 Å². The van der Waals surface area contributed by atoms with E-state index in [4.69, 9.17) is 5.73 Å². The highest BCUT2D eigenvalue weighted by Crippen LogP contribution is 2.64. The van der Waals surface area contributed by atoms with Crippen molar-refractivity contribution in [1.82, 2.24) is 9.62 Å². The van der Waals surface area contributed by atoms with Crippen molar-refractivity contribution in [2.24, 2.45) is 11.1 Å². The summed E-state index contributed by atoms with van der Waals surface area (Å²) in [6.45, 7) is 2.11. The highest BCUT2D eigenvalue weighted by Gasteiger charge is 2.73. The van der Waals surface area contributed by atoms with Crippen LogP contribution in [0.25, 0.3) is 0 Å². The van der Waals surface area contributed by atoms with Gasteiger partial charge >= 0.3 is 0 Å². The number of nitrogens with one attached hydrogen (secondary N) is 1. The number of halogens is 1. The van der Waals surface area contributed by atoms with Gasteiger partial charge in [0.1, 0.15) is 15.5 Å². The van der Waals surface area contributed by atoms with Crippen LogP contribution in [0.15, 0.2) is 58.8 Å². The van der Waals surface area contributed by atoms with Crippen molar-refractivity contribution >= 4 is 33.6 Å². The van der Waals surface area contributed by atoms with E-state index in [1.165, 1.54) is 35.6 Å². The molecule has 3 N–H and O–H groups in total. The topological polar surface area (TPSA) is 110 Å². The van der Waals surface area contributed by atoms with E-state index in [9.17, 15) is 22.4 Å². The third-order valence-corrected chi connectivity index (χ3v) is 9.56. The molecule has 0 spiro atoms. The zero-order chi connectivity index (χ0) is 23.3. The molecule has 1 fully saturated rings. The van der Waals surface area contributed by atoms with Crippen LogP contribution in [0.4, 0.5) is 4.39 Å². The van der Waals surface area contributed by atoms with E-state index in [0.29, 0.717) is 0 Å². The SMILES string of the molecule is Cc1ccc(CN(C)S(=O)(=O)C2=CC3(C(N)=O)C(NC(=O)c4ccccc4F)C3S2)cc1. The zero-order valence-electron chi connectivity index (χ0n) is 17.4. The third-order valence-electron chi connectivity index (χ3n) is 5.80. The fourth-order valence-electron chi connectivity index (χ4n) is 3.81. The van der Waals surface area contributed by atoms with Crippen LogP contribution >= 0.6 is 11.8 Å². The second-order valence-corrected chi connectivity index (χ2v) is 11.4. The molecule has 0 aromatic heterocycles. The Kier molecular flexibility index (Phi) is 5.64. The smallest absolute Gasteiger partial charge is 0.254 e. The van der Waals surface area contributed by atoms with Crippen LogP contribution in [0.2, 0.25) is 0 Å². The molecule has 1 saturated carbocycles. The van der Waals surface area contributed by atoms with Gasteiger partial charge in [0.05, 0.1) is 16.9 Å². The number of carbonyl (C=O) groups excluding carboxylic acids is 2. The van der Waals surface area contributed by atoms with Crippen LogP contribution < -0.4 is 11.1 Å². The predicted molar refractivity (Wildman–Crippen MR) is 120 cm³/mol. The van der Waals surface area contributed by atoms with E-state index in [0.717, 1.165) is 29.0 Å². The maximum absolute atomic E-state index is 13.9. The number of nitrogens with two attached hydrogens (primary N) is 1. The van der Waals surface area contributed by atoms with Crippen molar-refractivity contribution < 1.29 is 22.4 Å². The molecule has 1 aliphatic heterocycles. The quantitative estimate of drug-likeness (QED) is 0.638. The number of benzene rings is 2. The molecule has 168 valence electrons. The minimum Gasteiger partial charge on any atom is -0.369 e. The fraction of sp³-hybridized carbons (Fsp3) is 0.273. The number of hydrogen-bond acceptors (Lipinski definition) is 5. The highest BCUT2D eigenvalue weighted by atomic mass is 32.3. The number of carbonyl (C=O) groups is 2. The summed E-state index contributed by atoms with van der Waals surface area (Å²) in [7, 11) is -2.39. The van der Waals surface area contributed by atoms with E-state index < -0.39 is 44.4 Å². The minimum absolute atomic E-state index is 0.0207. The lowest BCUT2D eigenvalue weighted by Gasteiger charge is -2.19. The van der Waals surface area contributed by atoms with Crippen LogP contribution in [0.1, 0.15) is 21.5 Å². The van der Waals surface area contributed by atoms with Gasteiger partial charge in [-0.2, -0.15) is 4.31 Å². The molecule has 0 radical (unpaired) electrons. The van der Waals surface area contributed by atoms with Gasteiger partial charge in [-0.25, -0.2) is 12.8 Å². The van der Waals surface area contributed by atoms with Gasteiger partial charge < -0.3 is 11.1 Å². The molecule has 4 rings (SSSR count). The molecule has 3 unspecified atom stereocenters. The second kappa shape index (κ2) is 8.02. The first-order valence-electron chi connectivity index (χ1n) is 9.84. The summed E-state index contributed by atoms with van der Waals surface area (Å²) in [5, 5.41) is 2.07. The number of sulfonamides is 1. The summed E-state index contributed by atoms with van der Waals surface area (Å²) in [6, 6.07) is 12.3. The molecule has 3 atom stereocenters. The van der Waals surface area contributed by atoms with Crippen molar-refractivity contribution in [2.45, 2.75) is 24.8 Å². The number of rotatable bonds is 7. The van der Waals surface area contributed by atoms with Gasteiger partial charge in [0.25, 0.3) is 5.91 Å². The van der Waals surface area contributed by atoms with Crippen LogP contribution in [0, 0.1) is 18.2 Å². The molecule has 2 aliphatic rings. The number of thioether (sulfide) groups is 1. The Morgan fingerprint density at radius 1 is 1.19 bits per heavy atom. The maximum atomic E-state index is 13.9. The van der Waals surface area contributed by atoms with E-state index in [-0.39, 0.29) is 16.3 Å². The zero-order valence-corrected chi connectivity index (χ0v) is 19.0. The van der Waals surface area contributed by atoms with Crippen molar-refractivity contribution in [3.05, 3.63) is 81.4 Å². The molecule has 7 nitrogen and oxygen atoms in total. The van der Waals surface area contributed by atoms with Crippen LogP contribution in [-0.4, -0.2) is 42.9 Å². The number of amides is 2. The summed E-state index contributed by atoms with van der Waals surface area (Å²) in [5.41, 5.74) is 6.02. The lowest BCUT2D eigenvalue weighted by atomic mass is 10.1. The number of hydrogen-bond donors (Lipinski definition) is 2. The number of nitrogens with zero attached hydrogens (tertiary/aromatic N) is 1. The van der Waals surface area contributed by atoms with Gasteiger partial charge in [-0.05, 0) is 30.7 Å². The molecule has 10 heteroatoms. The van der Waals surface area contributed by atoms with E-state index in [1.54, 1.807) is 0 Å². The number of primary amides is 1. The first-order chi connectivity index (χ1) is 15.1. The second-order valence-electron chi connectivity index (χ2n) is 7.98. The average Bonchev–Trinajstić information content (AvgIpc) is 3.14. The standard InChI is InChI=1S/C22H22FN3O4S2/c1-13-7-9-14(10-8-13)12-26(2)32(29,30)17-11-22(21(24)28)18(19(22)31-17)25-20(27)15-5-3-4-6-16(15)23/h3-11,18-19H,12H2,1-2H3,(H2,24,28)(H,25,27). The van der Waals surface area contributed by atoms with Gasteiger partial charge in [-0.1, -0.05) is 42.0 Å². The Balaban J connectivity index is 1.53. The summed E-state index contributed by atoms with van der Waals surface area (Å²) >= 11 is 0.987. The monoisotopic (exact) mass is 475 g/mol. The molecule has 2 aromatic rings. The lowest BCUT2D eigenvalue weighted by Crippen LogP contribution is -2.36. The summed E-state index contributed by atoms with van der Waals surface area (Å²) in [5.74, 6) is -2.11. The fourth-order valence-corrected chi connectivity index (χ4v) is 7.35. The molecule has 1 aliphatic carbocycles. The van der Waals surface area contributed by atoms with E-state index in [2.05, 4.69) is 5.32 Å². The molecule has 1 heterocycles. The average molecular weight is 476 g/mol. The van der Waals surface area contributed by atoms with Crippen LogP contribution in [0.5, 0.6) is 0 Å². The highest BCUT2D eigenvalue weighted by molar-refractivity contribution is 8.18. The first-order valence-corrected chi connectivity index (χ1v) is 12.2. The van der Waals surface area contributed by atoms with E-state index in [1.807, 2.05) is 31.2 Å². The Morgan fingerprint density at radius 3 is 2.44 bits per heavy atom. The Morgan fingerprint density at radius 2 is 1.84 bits per heavy atom. The van der Waals surface area contributed by atoms with Crippen molar-refractivity contribution in [2.75, 3.05) is 7.05 Å². The Hall–Kier alpha value is -2.69. The van der Waals surface area contributed by atoms with Gasteiger partial charge in [0.15, 0.2) is 0 Å². The van der Waals surface area contributed by atoms with Gasteiger partial charge in [0, 0.05) is 13.6 Å². The number of aryl methyl sites for hydroxylation is 1. The molecule has 2 aromatic carbocycles. The first kappa shape index (κ1) is 22.5. The molecule has 0 bridgehead atoms. The molecular weight excluding hydrogens is 453 g/mol. The summed E-state index contributed by atoms with van der Waals surface area (Å²) in [6.07, 6.45) is 1.33. The largest absolute Gasteiger partial charge is 0.369 e. The number of fused-ring (bicyclic) bond motifs is 1. The van der Waals surface area contributed by atoms with Gasteiger partial charge in [-0.3, -0.25) is 9.59 Å². The summed E-state index contributed by atoms with van der Waals surface area (Å²) < 4.78 is 41.3. The molecule has 2 amide bonds. The molecule has 0 saturated heterocycles. The Labute approximate surface area is 189 Å². The Bertz CT molecular complexity index is 1230. The van der Waals surface area contributed by atoms with E-state index >= 15 is 0 Å². The third kappa shape index (κ3) is 3.72. The van der Waals surface area contributed by atoms with Gasteiger partial charge in [-0.15, -0.1) is 11.8 Å². The summed E-state index contributed by atoms with van der Waals surface area (Å²) in [4.78, 5) is 24.7. The van der Waals surface area contributed by atoms with Crippen LogP contribution in [0.3, 0.4) is 0 Å². The van der Waals surface area contributed by atoms with Gasteiger partial charge in [0.2, 0.25) is 15.9 Å². The van der Waals surface area contributed by atoms with Crippen molar-refractivity contribution in [3.63, 3.8) is 0 Å². The normalized spacial score (nSPS) is 24.1. The van der Waals surface area contributed by atoms with Crippen molar-refractivity contribution in [1.29, 1.82) is 0 Å². The minimum atomic E-state index is -3.86. The predicted octanol–water partition coefficient (Wildman–Crippen LogP) is 2.14. The lowest BCUT2D eigenvalue weighted by molar-refractivity contribution is -0.121. The molecule has 32 heavy (non-hydrogen) atoms. The van der Waals surface area contributed by atoms with Crippen LogP contribution in [-0.2, 0) is 21.4 Å². The maximum Gasteiger partial charge on any atom is 0.254 e.